The van der Waals surface area contributed by atoms with Crippen molar-refractivity contribution in [3.8, 4) is 0 Å². The van der Waals surface area contributed by atoms with Crippen LogP contribution in [0.2, 0.25) is 0 Å². The lowest BCUT2D eigenvalue weighted by Crippen LogP contribution is -2.21. The number of aryl methyl sites for hydroxylation is 2. The summed E-state index contributed by atoms with van der Waals surface area (Å²) in [7, 11) is 0. The second kappa shape index (κ2) is 6.48. The Kier molecular flexibility index (Phi) is 4.43. The Labute approximate surface area is 133 Å². The second-order valence-corrected chi connectivity index (χ2v) is 6.56. The van der Waals surface area contributed by atoms with Crippen LogP contribution in [0.25, 0.3) is 0 Å². The van der Waals surface area contributed by atoms with E-state index in [0.717, 1.165) is 24.2 Å². The average Bonchev–Trinajstić information content (AvgIpc) is 2.84. The Morgan fingerprint density at radius 1 is 1.32 bits per heavy atom. The highest BCUT2D eigenvalue weighted by Gasteiger charge is 2.14. The van der Waals surface area contributed by atoms with Crippen LogP contribution in [0.15, 0.2) is 28.4 Å². The monoisotopic (exact) mass is 316 g/mol. The number of rotatable bonds is 4. The summed E-state index contributed by atoms with van der Waals surface area (Å²) in [5.41, 5.74) is 4.50. The van der Waals surface area contributed by atoms with Gasteiger partial charge in [0.15, 0.2) is 0 Å². The largest absolute Gasteiger partial charge is 0.326 e. The van der Waals surface area contributed by atoms with E-state index >= 15 is 0 Å². The molecule has 1 aromatic heterocycles. The number of fused-ring (bicyclic) bond motifs is 1. The minimum atomic E-state index is -0.0310. The van der Waals surface area contributed by atoms with Crippen molar-refractivity contribution in [2.45, 2.75) is 45.6 Å². The van der Waals surface area contributed by atoms with Crippen LogP contribution >= 0.6 is 11.3 Å². The highest BCUT2D eigenvalue weighted by molar-refractivity contribution is 7.07. The number of nitrogens with one attached hydrogen (secondary N) is 1. The molecule has 3 rings (SSSR count). The molecule has 0 atom stereocenters. The van der Waals surface area contributed by atoms with Gasteiger partial charge in [0.25, 0.3) is 0 Å². The number of benzene rings is 1. The molecule has 0 saturated heterocycles. The Morgan fingerprint density at radius 2 is 2.14 bits per heavy atom. The van der Waals surface area contributed by atoms with E-state index in [4.69, 9.17) is 0 Å². The smallest absolute Gasteiger partial charge is 0.307 e. The van der Waals surface area contributed by atoms with Crippen molar-refractivity contribution in [1.29, 1.82) is 0 Å². The summed E-state index contributed by atoms with van der Waals surface area (Å²) in [6.45, 7) is 2.33. The molecule has 2 aromatic rings. The van der Waals surface area contributed by atoms with Crippen LogP contribution in [0.3, 0.4) is 0 Å². The number of thiazole rings is 1. The topological polar surface area (TPSA) is 51.1 Å². The Morgan fingerprint density at radius 3 is 2.91 bits per heavy atom. The van der Waals surface area contributed by atoms with Crippen LogP contribution in [0.4, 0.5) is 5.69 Å². The van der Waals surface area contributed by atoms with Crippen LogP contribution in [0, 0.1) is 6.92 Å². The Bertz CT molecular complexity index is 745. The molecule has 0 bridgehead atoms. The van der Waals surface area contributed by atoms with Gasteiger partial charge in [0, 0.05) is 29.7 Å². The molecule has 1 aliphatic carbocycles. The maximum atomic E-state index is 12.2. The number of anilines is 1. The number of nitrogens with zero attached hydrogens (tertiary/aromatic N) is 1. The Balaban J connectivity index is 1.66. The van der Waals surface area contributed by atoms with Gasteiger partial charge in [-0.1, -0.05) is 23.5 Å². The molecule has 22 heavy (non-hydrogen) atoms. The number of amides is 1. The van der Waals surface area contributed by atoms with Crippen molar-refractivity contribution >= 4 is 22.9 Å². The van der Waals surface area contributed by atoms with E-state index in [1.165, 1.54) is 35.3 Å². The highest BCUT2D eigenvalue weighted by Crippen LogP contribution is 2.27. The summed E-state index contributed by atoms with van der Waals surface area (Å²) in [6, 6.07) is 6.13. The molecule has 0 fully saturated rings. The first kappa shape index (κ1) is 15.0. The SMILES string of the molecule is Cc1csc(=O)n1CCC(=O)Nc1cccc2c1CCCC2. The molecule has 1 amide bonds. The number of hydrogen-bond acceptors (Lipinski definition) is 3. The van der Waals surface area contributed by atoms with Crippen molar-refractivity contribution in [2.75, 3.05) is 5.32 Å². The summed E-state index contributed by atoms with van der Waals surface area (Å²) in [4.78, 5) is 23.8. The quantitative estimate of drug-likeness (QED) is 0.942. The molecule has 1 aromatic carbocycles. The number of carbonyl (C=O) groups excluding carboxylic acids is 1. The van der Waals surface area contributed by atoms with Crippen molar-refractivity contribution < 1.29 is 4.79 Å². The van der Waals surface area contributed by atoms with Crippen LogP contribution in [-0.4, -0.2) is 10.5 Å². The van der Waals surface area contributed by atoms with Gasteiger partial charge in [0.2, 0.25) is 5.91 Å². The lowest BCUT2D eigenvalue weighted by molar-refractivity contribution is -0.116. The third-order valence-corrected chi connectivity index (χ3v) is 5.09. The lowest BCUT2D eigenvalue weighted by atomic mass is 9.90. The molecule has 0 spiro atoms. The molecule has 5 heteroatoms. The molecule has 0 saturated carbocycles. The first-order valence-electron chi connectivity index (χ1n) is 7.70. The molecule has 116 valence electrons. The third kappa shape index (κ3) is 3.14. The Hall–Kier alpha value is -1.88. The molecule has 0 aliphatic heterocycles. The van der Waals surface area contributed by atoms with Gasteiger partial charge >= 0.3 is 4.87 Å². The molecule has 0 radical (unpaired) electrons. The van der Waals surface area contributed by atoms with Gasteiger partial charge in [-0.15, -0.1) is 0 Å². The lowest BCUT2D eigenvalue weighted by Gasteiger charge is -2.19. The third-order valence-electron chi connectivity index (χ3n) is 4.21. The zero-order valence-corrected chi connectivity index (χ0v) is 13.5. The van der Waals surface area contributed by atoms with Gasteiger partial charge < -0.3 is 9.88 Å². The zero-order valence-electron chi connectivity index (χ0n) is 12.7. The summed E-state index contributed by atoms with van der Waals surface area (Å²) in [6.07, 6.45) is 4.87. The fourth-order valence-corrected chi connectivity index (χ4v) is 3.76. The summed E-state index contributed by atoms with van der Waals surface area (Å²) in [5, 5.41) is 4.85. The second-order valence-electron chi connectivity index (χ2n) is 5.74. The van der Waals surface area contributed by atoms with Crippen LogP contribution in [0.1, 0.15) is 36.1 Å². The van der Waals surface area contributed by atoms with E-state index in [1.54, 1.807) is 4.57 Å². The van der Waals surface area contributed by atoms with E-state index in [1.807, 2.05) is 24.4 Å². The van der Waals surface area contributed by atoms with Gasteiger partial charge in [-0.3, -0.25) is 9.59 Å². The van der Waals surface area contributed by atoms with Crippen molar-refractivity contribution in [3.05, 3.63) is 50.1 Å². The molecule has 1 aliphatic rings. The fourth-order valence-electron chi connectivity index (χ4n) is 3.00. The van der Waals surface area contributed by atoms with Crippen LogP contribution < -0.4 is 10.2 Å². The zero-order chi connectivity index (χ0) is 15.5. The van der Waals surface area contributed by atoms with Crippen LogP contribution in [0.5, 0.6) is 0 Å². The van der Waals surface area contributed by atoms with Gasteiger partial charge in [0.05, 0.1) is 0 Å². The maximum Gasteiger partial charge on any atom is 0.307 e. The number of hydrogen-bond donors (Lipinski definition) is 1. The summed E-state index contributed by atoms with van der Waals surface area (Å²) < 4.78 is 1.66. The molecule has 4 nitrogen and oxygen atoms in total. The molecular weight excluding hydrogens is 296 g/mol. The number of aromatic nitrogens is 1. The first-order valence-corrected chi connectivity index (χ1v) is 8.58. The predicted molar refractivity (Wildman–Crippen MR) is 89.6 cm³/mol. The van der Waals surface area contributed by atoms with E-state index in [0.29, 0.717) is 13.0 Å². The van der Waals surface area contributed by atoms with E-state index < -0.39 is 0 Å². The minimum absolute atomic E-state index is 0.00221. The van der Waals surface area contributed by atoms with Gasteiger partial charge in [-0.25, -0.2) is 0 Å². The first-order chi connectivity index (χ1) is 10.6. The predicted octanol–water partition coefficient (Wildman–Crippen LogP) is 3.13. The summed E-state index contributed by atoms with van der Waals surface area (Å²) in [5.74, 6) is -0.0310. The highest BCUT2D eigenvalue weighted by atomic mass is 32.1. The van der Waals surface area contributed by atoms with Crippen molar-refractivity contribution in [2.24, 2.45) is 0 Å². The standard InChI is InChI=1S/C17H20N2O2S/c1-12-11-22-17(21)19(12)10-9-16(20)18-15-8-4-6-13-5-2-3-7-14(13)15/h4,6,8,11H,2-3,5,7,9-10H2,1H3,(H,18,20). The number of carbonyl (C=O) groups is 1. The van der Waals surface area contributed by atoms with Gasteiger partial charge in [-0.2, -0.15) is 0 Å². The average molecular weight is 316 g/mol. The van der Waals surface area contributed by atoms with E-state index in [2.05, 4.69) is 11.4 Å². The molecule has 1 N–H and O–H groups in total. The molecule has 1 heterocycles. The van der Waals surface area contributed by atoms with Crippen molar-refractivity contribution in [1.82, 2.24) is 4.57 Å². The molecular formula is C17H20N2O2S. The minimum Gasteiger partial charge on any atom is -0.326 e. The molecule has 0 unspecified atom stereocenters. The summed E-state index contributed by atoms with van der Waals surface area (Å²) >= 11 is 1.18. The fraction of sp³-hybridized carbons (Fsp3) is 0.412. The van der Waals surface area contributed by atoms with E-state index in [-0.39, 0.29) is 10.8 Å². The van der Waals surface area contributed by atoms with Gasteiger partial charge in [-0.05, 0) is 49.8 Å². The normalized spacial score (nSPS) is 13.7. The van der Waals surface area contributed by atoms with E-state index in [9.17, 15) is 9.59 Å². The van der Waals surface area contributed by atoms with Crippen LogP contribution in [-0.2, 0) is 24.2 Å². The van der Waals surface area contributed by atoms with Gasteiger partial charge in [0.1, 0.15) is 0 Å². The van der Waals surface area contributed by atoms with Crippen molar-refractivity contribution in [3.63, 3.8) is 0 Å². The maximum absolute atomic E-state index is 12.2.